The summed E-state index contributed by atoms with van der Waals surface area (Å²) in [5, 5.41) is 2.17. The van der Waals surface area contributed by atoms with E-state index in [9.17, 15) is 0 Å². The Kier molecular flexibility index (Phi) is 3.98. The first-order valence-corrected chi connectivity index (χ1v) is 8.01. The van der Waals surface area contributed by atoms with Crippen LogP contribution in [0.1, 0.15) is 29.3 Å². The van der Waals surface area contributed by atoms with Crippen LogP contribution in [-0.4, -0.2) is 22.6 Å². The third kappa shape index (κ3) is 2.83. The molecule has 4 nitrogen and oxygen atoms in total. The number of aromatic nitrogens is 2. The van der Waals surface area contributed by atoms with E-state index in [0.717, 1.165) is 43.9 Å². The average molecular weight is 288 g/mol. The summed E-state index contributed by atoms with van der Waals surface area (Å²) in [6, 6.07) is 2.41. The van der Waals surface area contributed by atoms with Crippen LogP contribution in [0.25, 0.3) is 0 Å². The maximum absolute atomic E-state index is 5.96. The molecule has 0 spiro atoms. The summed E-state index contributed by atoms with van der Waals surface area (Å²) < 4.78 is 0. The molecule has 1 aliphatic heterocycles. The zero-order valence-electron chi connectivity index (χ0n) is 11.7. The lowest BCUT2D eigenvalue weighted by molar-refractivity contribution is 0.642. The Morgan fingerprint density at radius 1 is 1.40 bits per heavy atom. The summed E-state index contributed by atoms with van der Waals surface area (Å²) in [4.78, 5) is 12.8. The van der Waals surface area contributed by atoms with Crippen LogP contribution in [0.5, 0.6) is 0 Å². The highest BCUT2D eigenvalue weighted by Crippen LogP contribution is 2.25. The van der Waals surface area contributed by atoms with Crippen LogP contribution in [0, 0.1) is 0 Å². The van der Waals surface area contributed by atoms with Crippen molar-refractivity contribution in [2.45, 2.75) is 38.8 Å². The van der Waals surface area contributed by atoms with Crippen molar-refractivity contribution in [3.8, 4) is 0 Å². The third-order valence-electron chi connectivity index (χ3n) is 3.80. The molecule has 0 aromatic carbocycles. The minimum atomic E-state index is 0.202. The van der Waals surface area contributed by atoms with Crippen LogP contribution < -0.4 is 10.6 Å². The molecule has 0 aliphatic carbocycles. The first-order valence-electron chi connectivity index (χ1n) is 7.13. The van der Waals surface area contributed by atoms with E-state index >= 15 is 0 Å². The van der Waals surface area contributed by atoms with Gasteiger partial charge in [0.15, 0.2) is 0 Å². The molecule has 0 bridgehead atoms. The maximum atomic E-state index is 5.96. The van der Waals surface area contributed by atoms with Crippen molar-refractivity contribution in [2.75, 3.05) is 11.4 Å². The number of thiophene rings is 1. The van der Waals surface area contributed by atoms with Gasteiger partial charge in [0.1, 0.15) is 0 Å². The summed E-state index contributed by atoms with van der Waals surface area (Å²) in [7, 11) is 0. The summed E-state index contributed by atoms with van der Waals surface area (Å²) >= 11 is 1.85. The summed E-state index contributed by atoms with van der Waals surface area (Å²) in [6.07, 6.45) is 6.76. The van der Waals surface area contributed by atoms with Crippen molar-refractivity contribution in [2.24, 2.45) is 5.73 Å². The van der Waals surface area contributed by atoms with E-state index in [1.54, 1.807) is 0 Å². The number of fused-ring (bicyclic) bond motifs is 1. The van der Waals surface area contributed by atoms with Crippen LogP contribution >= 0.6 is 11.3 Å². The quantitative estimate of drug-likeness (QED) is 0.938. The highest BCUT2D eigenvalue weighted by atomic mass is 32.1. The summed E-state index contributed by atoms with van der Waals surface area (Å²) in [5.74, 6) is 0.829. The first-order chi connectivity index (χ1) is 9.76. The molecule has 106 valence electrons. The van der Waals surface area contributed by atoms with Gasteiger partial charge in [-0.1, -0.05) is 6.92 Å². The fraction of sp³-hybridized carbons (Fsp3) is 0.467. The van der Waals surface area contributed by atoms with Crippen LogP contribution in [-0.2, 0) is 19.4 Å². The fourth-order valence-corrected chi connectivity index (χ4v) is 3.37. The topological polar surface area (TPSA) is 55.0 Å². The van der Waals surface area contributed by atoms with Crippen molar-refractivity contribution >= 4 is 17.3 Å². The number of hydrogen-bond donors (Lipinski definition) is 1. The van der Waals surface area contributed by atoms with Crippen molar-refractivity contribution in [1.82, 2.24) is 9.97 Å². The Morgan fingerprint density at radius 2 is 2.20 bits per heavy atom. The molecular weight excluding hydrogens is 268 g/mol. The van der Waals surface area contributed by atoms with Gasteiger partial charge in [0, 0.05) is 36.4 Å². The molecule has 1 aliphatic rings. The highest BCUT2D eigenvalue weighted by molar-refractivity contribution is 7.10. The Bertz CT molecular complexity index is 564. The van der Waals surface area contributed by atoms with Gasteiger partial charge in [-0.05, 0) is 41.8 Å². The second-order valence-electron chi connectivity index (χ2n) is 5.30. The van der Waals surface area contributed by atoms with Crippen LogP contribution in [0.15, 0.2) is 23.8 Å². The third-order valence-corrected chi connectivity index (χ3v) is 4.83. The molecule has 0 radical (unpaired) electrons. The van der Waals surface area contributed by atoms with Crippen molar-refractivity contribution < 1.29 is 0 Å². The zero-order chi connectivity index (χ0) is 13.9. The van der Waals surface area contributed by atoms with E-state index in [4.69, 9.17) is 5.73 Å². The molecule has 2 aromatic rings. The van der Waals surface area contributed by atoms with Gasteiger partial charge >= 0.3 is 0 Å². The molecule has 1 atom stereocenters. The van der Waals surface area contributed by atoms with Crippen LogP contribution in [0.4, 0.5) is 5.95 Å². The Labute approximate surface area is 123 Å². The second-order valence-corrected chi connectivity index (χ2v) is 6.31. The van der Waals surface area contributed by atoms with Gasteiger partial charge in [-0.25, -0.2) is 9.97 Å². The van der Waals surface area contributed by atoms with E-state index in [0.29, 0.717) is 0 Å². The fourth-order valence-electron chi connectivity index (χ4n) is 2.48. The minimum Gasteiger partial charge on any atom is -0.336 e. The lowest BCUT2D eigenvalue weighted by Crippen LogP contribution is -2.31. The van der Waals surface area contributed by atoms with Crippen molar-refractivity contribution in [3.05, 3.63) is 39.8 Å². The lowest BCUT2D eigenvalue weighted by Gasteiger charge is -2.26. The number of nitrogens with two attached hydrogens (primary N) is 1. The Hall–Kier alpha value is -1.46. The number of rotatable bonds is 4. The van der Waals surface area contributed by atoms with Gasteiger partial charge in [-0.2, -0.15) is 0 Å². The molecule has 0 saturated heterocycles. The molecular formula is C15H20N4S. The lowest BCUT2D eigenvalue weighted by atomic mass is 10.1. The number of nitrogens with zero attached hydrogens (tertiary/aromatic N) is 3. The van der Waals surface area contributed by atoms with Crippen LogP contribution in [0.3, 0.4) is 0 Å². The smallest absolute Gasteiger partial charge is 0.225 e. The van der Waals surface area contributed by atoms with E-state index in [-0.39, 0.29) is 6.04 Å². The van der Waals surface area contributed by atoms with Crippen molar-refractivity contribution in [1.29, 1.82) is 0 Å². The normalized spacial score (nSPS) is 16.0. The molecule has 1 unspecified atom stereocenters. The van der Waals surface area contributed by atoms with E-state index in [1.807, 2.05) is 23.7 Å². The van der Waals surface area contributed by atoms with E-state index < -0.39 is 0 Å². The molecule has 2 aromatic heterocycles. The van der Waals surface area contributed by atoms with Gasteiger partial charge in [-0.3, -0.25) is 0 Å². The monoisotopic (exact) mass is 288 g/mol. The van der Waals surface area contributed by atoms with Gasteiger partial charge < -0.3 is 10.6 Å². The molecule has 0 amide bonds. The SMILES string of the molecule is CCC(N)Cc1cnc(N2CCc3sccc3C2)nc1. The Morgan fingerprint density at radius 3 is 2.95 bits per heavy atom. The predicted molar refractivity (Wildman–Crippen MR) is 83.1 cm³/mol. The predicted octanol–water partition coefficient (Wildman–Crippen LogP) is 2.38. The van der Waals surface area contributed by atoms with Gasteiger partial charge in [0.25, 0.3) is 0 Å². The van der Waals surface area contributed by atoms with E-state index in [2.05, 4.69) is 33.2 Å². The minimum absolute atomic E-state index is 0.202. The molecule has 0 fully saturated rings. The first kappa shape index (κ1) is 13.5. The average Bonchev–Trinajstić information content (AvgIpc) is 2.95. The van der Waals surface area contributed by atoms with Gasteiger partial charge in [-0.15, -0.1) is 11.3 Å². The van der Waals surface area contributed by atoms with Gasteiger partial charge in [0.2, 0.25) is 5.95 Å². The summed E-state index contributed by atoms with van der Waals surface area (Å²) in [6.45, 7) is 4.03. The van der Waals surface area contributed by atoms with Crippen LogP contribution in [0.2, 0.25) is 0 Å². The molecule has 2 N–H and O–H groups in total. The maximum Gasteiger partial charge on any atom is 0.225 e. The molecule has 20 heavy (non-hydrogen) atoms. The molecule has 0 saturated carbocycles. The van der Waals surface area contributed by atoms with Crippen molar-refractivity contribution in [3.63, 3.8) is 0 Å². The standard InChI is InChI=1S/C15H20N4S/c1-2-13(16)7-11-8-17-15(18-9-11)19-5-3-14-12(10-19)4-6-20-14/h4,6,8-9,13H,2-3,5,7,10,16H2,1H3. The Balaban J connectivity index is 1.69. The summed E-state index contributed by atoms with van der Waals surface area (Å²) in [5.41, 5.74) is 8.50. The molecule has 3 rings (SSSR count). The second kappa shape index (κ2) is 5.89. The largest absolute Gasteiger partial charge is 0.336 e. The number of anilines is 1. The zero-order valence-corrected chi connectivity index (χ0v) is 12.6. The van der Waals surface area contributed by atoms with Gasteiger partial charge in [0.05, 0.1) is 0 Å². The number of hydrogen-bond acceptors (Lipinski definition) is 5. The molecule has 5 heteroatoms. The highest BCUT2D eigenvalue weighted by Gasteiger charge is 2.19. The van der Waals surface area contributed by atoms with E-state index in [1.165, 1.54) is 10.4 Å². The molecule has 3 heterocycles.